The number of likely N-dealkylation sites (tertiary alicyclic amines) is 1. The van der Waals surface area contributed by atoms with Gasteiger partial charge in [-0.15, -0.1) is 12.4 Å². The van der Waals surface area contributed by atoms with E-state index in [0.29, 0.717) is 37.9 Å². The minimum Gasteiger partial charge on any atom is -0.350 e. The van der Waals surface area contributed by atoms with E-state index in [-0.39, 0.29) is 35.8 Å². The number of halogens is 1. The first kappa shape index (κ1) is 25.0. The Labute approximate surface area is 165 Å². The van der Waals surface area contributed by atoms with E-state index in [4.69, 9.17) is 5.73 Å². The summed E-state index contributed by atoms with van der Waals surface area (Å²) >= 11 is 0. The Morgan fingerprint density at radius 3 is 2.42 bits per heavy atom. The van der Waals surface area contributed by atoms with Gasteiger partial charge in [0.1, 0.15) is 0 Å². The lowest BCUT2D eigenvalue weighted by atomic mass is 9.89. The van der Waals surface area contributed by atoms with Gasteiger partial charge in [-0.25, -0.2) is 4.79 Å². The predicted octanol–water partition coefficient (Wildman–Crippen LogP) is 2.76. The molecule has 1 aliphatic heterocycles. The van der Waals surface area contributed by atoms with E-state index >= 15 is 0 Å². The highest BCUT2D eigenvalue weighted by molar-refractivity contribution is 5.85. The van der Waals surface area contributed by atoms with Crippen LogP contribution in [0.15, 0.2) is 0 Å². The Morgan fingerprint density at radius 1 is 1.23 bits per heavy atom. The molecule has 2 unspecified atom stereocenters. The van der Waals surface area contributed by atoms with Crippen LogP contribution in [-0.4, -0.2) is 48.6 Å². The van der Waals surface area contributed by atoms with Crippen LogP contribution in [0, 0.1) is 17.8 Å². The van der Waals surface area contributed by atoms with Crippen molar-refractivity contribution in [2.45, 2.75) is 65.8 Å². The van der Waals surface area contributed by atoms with Crippen LogP contribution in [0.25, 0.3) is 0 Å². The van der Waals surface area contributed by atoms with Gasteiger partial charge in [0, 0.05) is 38.1 Å². The number of amides is 3. The zero-order valence-electron chi connectivity index (χ0n) is 17.1. The Hall–Kier alpha value is -1.01. The number of carbonyl (C=O) groups is 2. The number of hydrogen-bond donors (Lipinski definition) is 3. The zero-order valence-corrected chi connectivity index (χ0v) is 18.0. The van der Waals surface area contributed by atoms with E-state index in [1.165, 1.54) is 0 Å². The van der Waals surface area contributed by atoms with Gasteiger partial charge < -0.3 is 21.3 Å². The van der Waals surface area contributed by atoms with Gasteiger partial charge in [0.25, 0.3) is 0 Å². The molecule has 0 saturated carbocycles. The lowest BCUT2D eigenvalue weighted by molar-refractivity contribution is -0.124. The molecule has 6 nitrogen and oxygen atoms in total. The van der Waals surface area contributed by atoms with Crippen molar-refractivity contribution < 1.29 is 9.59 Å². The molecule has 0 radical (unpaired) electrons. The number of nitrogens with one attached hydrogen (secondary N) is 2. The van der Waals surface area contributed by atoms with Crippen LogP contribution in [0.5, 0.6) is 0 Å². The molecule has 1 fully saturated rings. The molecule has 0 spiro atoms. The van der Waals surface area contributed by atoms with Gasteiger partial charge in [-0.05, 0) is 43.9 Å². The van der Waals surface area contributed by atoms with E-state index in [1.54, 1.807) is 0 Å². The minimum atomic E-state index is -0.353. The second-order valence-electron chi connectivity index (χ2n) is 8.65. The van der Waals surface area contributed by atoms with Crippen LogP contribution in [0.1, 0.15) is 60.3 Å². The molecule has 1 heterocycles. The molecule has 3 amide bonds. The van der Waals surface area contributed by atoms with Crippen LogP contribution in [0.2, 0.25) is 0 Å². The smallest absolute Gasteiger partial charge is 0.317 e. The number of carbonyl (C=O) groups excluding carboxylic acids is 2. The minimum absolute atomic E-state index is 0. The zero-order chi connectivity index (χ0) is 19.0. The molecular formula is C19H39ClN4O2. The molecule has 0 bridgehead atoms. The summed E-state index contributed by atoms with van der Waals surface area (Å²) in [5.41, 5.74) is 5.53. The Bertz CT molecular complexity index is 445. The number of urea groups is 1. The summed E-state index contributed by atoms with van der Waals surface area (Å²) < 4.78 is 0. The van der Waals surface area contributed by atoms with Crippen molar-refractivity contribution in [1.82, 2.24) is 15.5 Å². The second kappa shape index (κ2) is 11.7. The van der Waals surface area contributed by atoms with Crippen molar-refractivity contribution in [3.8, 4) is 0 Å². The summed E-state index contributed by atoms with van der Waals surface area (Å²) in [6.07, 6.45) is 3.27. The predicted molar refractivity (Wildman–Crippen MR) is 109 cm³/mol. The van der Waals surface area contributed by atoms with E-state index in [0.717, 1.165) is 25.8 Å². The van der Waals surface area contributed by atoms with Crippen molar-refractivity contribution in [2.75, 3.05) is 26.2 Å². The summed E-state index contributed by atoms with van der Waals surface area (Å²) in [7, 11) is 0. The largest absolute Gasteiger partial charge is 0.350 e. The molecule has 1 saturated heterocycles. The van der Waals surface area contributed by atoms with Crippen LogP contribution in [0.4, 0.5) is 4.79 Å². The molecule has 1 rings (SSSR count). The van der Waals surface area contributed by atoms with Crippen molar-refractivity contribution >= 4 is 24.3 Å². The second-order valence-corrected chi connectivity index (χ2v) is 8.65. The van der Waals surface area contributed by atoms with Crippen LogP contribution in [-0.2, 0) is 4.79 Å². The molecule has 1 aliphatic rings. The lowest BCUT2D eigenvalue weighted by Gasteiger charge is -2.35. The maximum absolute atomic E-state index is 12.5. The number of rotatable bonds is 8. The standard InChI is InChI=1S/C19H38N4O2.ClH/c1-14(2)10-19(5,13-20)22-17(24)9-16-7-6-8-23(12-16)18(25)21-11-15(3)4;/h14-16H,6-13,20H2,1-5H3,(H,21,25)(H,22,24);1H. The normalized spacial score (nSPS) is 19.7. The lowest BCUT2D eigenvalue weighted by Crippen LogP contribution is -2.53. The van der Waals surface area contributed by atoms with Crippen molar-refractivity contribution in [3.63, 3.8) is 0 Å². The molecule has 2 atom stereocenters. The first-order valence-corrected chi connectivity index (χ1v) is 9.69. The van der Waals surface area contributed by atoms with Crippen molar-refractivity contribution in [2.24, 2.45) is 23.5 Å². The van der Waals surface area contributed by atoms with E-state index in [1.807, 2.05) is 11.8 Å². The highest BCUT2D eigenvalue weighted by atomic mass is 35.5. The number of nitrogens with two attached hydrogens (primary N) is 1. The Morgan fingerprint density at radius 2 is 1.88 bits per heavy atom. The number of nitrogens with zero attached hydrogens (tertiary/aromatic N) is 1. The summed E-state index contributed by atoms with van der Waals surface area (Å²) in [6, 6.07) is -0.00888. The summed E-state index contributed by atoms with van der Waals surface area (Å²) in [5.74, 6) is 1.18. The maximum Gasteiger partial charge on any atom is 0.317 e. The first-order chi connectivity index (χ1) is 11.6. The third-order valence-electron chi connectivity index (χ3n) is 4.69. The van der Waals surface area contributed by atoms with Crippen molar-refractivity contribution in [1.29, 1.82) is 0 Å². The quantitative estimate of drug-likeness (QED) is 0.595. The molecule has 154 valence electrons. The fraction of sp³-hybridized carbons (Fsp3) is 0.895. The molecule has 0 aliphatic carbocycles. The molecule has 7 heteroatoms. The highest BCUT2D eigenvalue weighted by Crippen LogP contribution is 2.21. The fourth-order valence-corrected chi connectivity index (χ4v) is 3.56. The van der Waals surface area contributed by atoms with Gasteiger partial charge in [-0.1, -0.05) is 27.7 Å². The third kappa shape index (κ3) is 9.08. The van der Waals surface area contributed by atoms with Gasteiger partial charge in [-0.2, -0.15) is 0 Å². The van der Waals surface area contributed by atoms with Gasteiger partial charge in [0.2, 0.25) is 5.91 Å². The molecule has 4 N–H and O–H groups in total. The molecule has 26 heavy (non-hydrogen) atoms. The van der Waals surface area contributed by atoms with Gasteiger partial charge >= 0.3 is 6.03 Å². The summed E-state index contributed by atoms with van der Waals surface area (Å²) in [5, 5.41) is 6.09. The van der Waals surface area contributed by atoms with E-state index in [9.17, 15) is 9.59 Å². The third-order valence-corrected chi connectivity index (χ3v) is 4.69. The molecule has 0 aromatic heterocycles. The summed E-state index contributed by atoms with van der Waals surface area (Å²) in [4.78, 5) is 26.5. The number of piperidine rings is 1. The maximum atomic E-state index is 12.5. The number of hydrogen-bond acceptors (Lipinski definition) is 3. The average molecular weight is 391 g/mol. The topological polar surface area (TPSA) is 87.5 Å². The van der Waals surface area contributed by atoms with Crippen LogP contribution >= 0.6 is 12.4 Å². The van der Waals surface area contributed by atoms with Crippen LogP contribution < -0.4 is 16.4 Å². The van der Waals surface area contributed by atoms with Gasteiger partial charge in [0.15, 0.2) is 0 Å². The molecule has 0 aromatic rings. The van der Waals surface area contributed by atoms with Gasteiger partial charge in [0.05, 0.1) is 0 Å². The van der Waals surface area contributed by atoms with E-state index in [2.05, 4.69) is 38.3 Å². The fourth-order valence-electron chi connectivity index (χ4n) is 3.56. The Kier molecular flexibility index (Phi) is 11.2. The SMILES string of the molecule is CC(C)CNC(=O)N1CCCC(CC(=O)NC(C)(CN)CC(C)C)C1.Cl. The van der Waals surface area contributed by atoms with Crippen molar-refractivity contribution in [3.05, 3.63) is 0 Å². The van der Waals surface area contributed by atoms with Crippen LogP contribution in [0.3, 0.4) is 0 Å². The summed E-state index contributed by atoms with van der Waals surface area (Å²) in [6.45, 7) is 13.0. The first-order valence-electron chi connectivity index (χ1n) is 9.69. The molecule has 0 aromatic carbocycles. The monoisotopic (exact) mass is 390 g/mol. The van der Waals surface area contributed by atoms with Gasteiger partial charge in [-0.3, -0.25) is 4.79 Å². The average Bonchev–Trinajstić information content (AvgIpc) is 2.51. The molecular weight excluding hydrogens is 352 g/mol. The Balaban J connectivity index is 0.00000625. The highest BCUT2D eigenvalue weighted by Gasteiger charge is 2.29. The van der Waals surface area contributed by atoms with E-state index < -0.39 is 0 Å².